The SMILES string of the molecule is COc1c(F)ccc([C@@H]2C[C@H]2c2cnc(-c3ncccn3)nc2)c1F. The molecule has 0 amide bonds. The number of benzene rings is 1. The van der Waals surface area contributed by atoms with Crippen LogP contribution in [0, 0.1) is 11.6 Å². The molecule has 0 N–H and O–H groups in total. The number of ether oxygens (including phenoxy) is 1. The van der Waals surface area contributed by atoms with Gasteiger partial charge in [0.1, 0.15) is 0 Å². The first-order chi connectivity index (χ1) is 12.2. The standard InChI is InChI=1S/C18H14F2N4O/c1-25-16-14(19)4-3-11(15(16)20)13-7-12(13)10-8-23-18(24-9-10)17-21-5-2-6-22-17/h2-6,8-9,12-13H,7H2,1H3/t12-,13-/m0/s1. The summed E-state index contributed by atoms with van der Waals surface area (Å²) >= 11 is 0. The van der Waals surface area contributed by atoms with Crippen molar-refractivity contribution in [2.45, 2.75) is 18.3 Å². The van der Waals surface area contributed by atoms with Gasteiger partial charge < -0.3 is 4.74 Å². The van der Waals surface area contributed by atoms with Crippen molar-refractivity contribution in [1.29, 1.82) is 0 Å². The molecule has 0 unspecified atom stereocenters. The Kier molecular flexibility index (Phi) is 3.83. The van der Waals surface area contributed by atoms with Gasteiger partial charge in [0.15, 0.2) is 29.0 Å². The average molecular weight is 340 g/mol. The van der Waals surface area contributed by atoms with E-state index < -0.39 is 11.6 Å². The van der Waals surface area contributed by atoms with Crippen LogP contribution >= 0.6 is 0 Å². The topological polar surface area (TPSA) is 60.8 Å². The fraction of sp³-hybridized carbons (Fsp3) is 0.222. The lowest BCUT2D eigenvalue weighted by atomic mass is 10.1. The predicted octanol–water partition coefficient (Wildman–Crippen LogP) is 3.49. The highest BCUT2D eigenvalue weighted by molar-refractivity contribution is 5.44. The van der Waals surface area contributed by atoms with Crippen molar-refractivity contribution >= 4 is 0 Å². The second kappa shape index (κ2) is 6.16. The summed E-state index contributed by atoms with van der Waals surface area (Å²) in [7, 11) is 1.26. The van der Waals surface area contributed by atoms with Gasteiger partial charge in [0.25, 0.3) is 0 Å². The summed E-state index contributed by atoms with van der Waals surface area (Å²) in [6.45, 7) is 0. The first-order valence-corrected chi connectivity index (χ1v) is 7.80. The zero-order valence-corrected chi connectivity index (χ0v) is 13.4. The number of hydrogen-bond acceptors (Lipinski definition) is 5. The van der Waals surface area contributed by atoms with Crippen molar-refractivity contribution in [3.05, 3.63) is 65.7 Å². The molecule has 4 rings (SSSR count). The number of nitrogens with zero attached hydrogens (tertiary/aromatic N) is 4. The predicted molar refractivity (Wildman–Crippen MR) is 86.1 cm³/mol. The Hall–Kier alpha value is -2.96. The highest BCUT2D eigenvalue weighted by Crippen LogP contribution is 2.55. The molecule has 7 heteroatoms. The monoisotopic (exact) mass is 340 g/mol. The van der Waals surface area contributed by atoms with Gasteiger partial charge in [0.05, 0.1) is 7.11 Å². The Labute approximate surface area is 142 Å². The van der Waals surface area contributed by atoms with Crippen LogP contribution in [0.3, 0.4) is 0 Å². The second-order valence-corrected chi connectivity index (χ2v) is 5.84. The third-order valence-corrected chi connectivity index (χ3v) is 4.34. The lowest BCUT2D eigenvalue weighted by molar-refractivity contribution is 0.357. The molecule has 126 valence electrons. The minimum Gasteiger partial charge on any atom is -0.491 e. The minimum atomic E-state index is -0.698. The van der Waals surface area contributed by atoms with Crippen molar-refractivity contribution in [3.8, 4) is 17.4 Å². The third kappa shape index (κ3) is 2.82. The summed E-state index contributed by atoms with van der Waals surface area (Å²) in [6.07, 6.45) is 7.43. The molecule has 1 fully saturated rings. The van der Waals surface area contributed by atoms with E-state index in [1.807, 2.05) is 0 Å². The average Bonchev–Trinajstić information content (AvgIpc) is 3.44. The lowest BCUT2D eigenvalue weighted by Crippen LogP contribution is -1.98. The molecule has 3 aromatic rings. The van der Waals surface area contributed by atoms with E-state index in [0.717, 1.165) is 12.0 Å². The van der Waals surface area contributed by atoms with Gasteiger partial charge in [0.2, 0.25) is 0 Å². The minimum absolute atomic E-state index is 0.0306. The molecule has 2 aromatic heterocycles. The van der Waals surface area contributed by atoms with Gasteiger partial charge in [-0.25, -0.2) is 28.7 Å². The van der Waals surface area contributed by atoms with Crippen molar-refractivity contribution < 1.29 is 13.5 Å². The van der Waals surface area contributed by atoms with Gasteiger partial charge in [-0.2, -0.15) is 0 Å². The fourth-order valence-corrected chi connectivity index (χ4v) is 2.99. The lowest BCUT2D eigenvalue weighted by Gasteiger charge is -2.08. The van der Waals surface area contributed by atoms with Gasteiger partial charge in [-0.3, -0.25) is 0 Å². The molecule has 0 bridgehead atoms. The van der Waals surface area contributed by atoms with E-state index in [2.05, 4.69) is 19.9 Å². The summed E-state index contributed by atoms with van der Waals surface area (Å²) in [5.74, 6) is -0.697. The molecule has 5 nitrogen and oxygen atoms in total. The molecule has 0 radical (unpaired) electrons. The van der Waals surface area contributed by atoms with Gasteiger partial charge in [-0.1, -0.05) is 6.07 Å². The number of aromatic nitrogens is 4. The van der Waals surface area contributed by atoms with Crippen LogP contribution in [-0.2, 0) is 0 Å². The Balaban J connectivity index is 1.56. The summed E-state index contributed by atoms with van der Waals surface area (Å²) in [6, 6.07) is 4.43. The second-order valence-electron chi connectivity index (χ2n) is 5.84. The van der Waals surface area contributed by atoms with Crippen LogP contribution in [0.1, 0.15) is 29.4 Å². The van der Waals surface area contributed by atoms with Crippen LogP contribution in [0.5, 0.6) is 5.75 Å². The van der Waals surface area contributed by atoms with Gasteiger partial charge >= 0.3 is 0 Å². The van der Waals surface area contributed by atoms with Crippen molar-refractivity contribution in [2.24, 2.45) is 0 Å². The molecular formula is C18H14F2N4O. The van der Waals surface area contributed by atoms with Crippen molar-refractivity contribution in [3.63, 3.8) is 0 Å². The molecule has 0 spiro atoms. The van der Waals surface area contributed by atoms with E-state index in [1.165, 1.54) is 19.2 Å². The van der Waals surface area contributed by atoms with Crippen molar-refractivity contribution in [1.82, 2.24) is 19.9 Å². The Morgan fingerprint density at radius 3 is 2.32 bits per heavy atom. The number of rotatable bonds is 4. The normalized spacial score (nSPS) is 18.8. The molecule has 1 saturated carbocycles. The molecule has 2 atom stereocenters. The summed E-state index contributed by atoms with van der Waals surface area (Å²) < 4.78 is 32.7. The Bertz CT molecular complexity index is 903. The molecule has 0 saturated heterocycles. The van der Waals surface area contributed by atoms with E-state index in [1.54, 1.807) is 30.9 Å². The van der Waals surface area contributed by atoms with Crippen LogP contribution in [-0.4, -0.2) is 27.0 Å². The Morgan fingerprint density at radius 2 is 1.64 bits per heavy atom. The molecule has 2 heterocycles. The zero-order valence-electron chi connectivity index (χ0n) is 13.4. The van der Waals surface area contributed by atoms with Crippen molar-refractivity contribution in [2.75, 3.05) is 7.11 Å². The van der Waals surface area contributed by atoms with E-state index in [0.29, 0.717) is 17.2 Å². The van der Waals surface area contributed by atoms with E-state index in [4.69, 9.17) is 4.74 Å². The molecule has 0 aliphatic heterocycles. The molecule has 1 aliphatic carbocycles. The Morgan fingerprint density at radius 1 is 0.960 bits per heavy atom. The number of halogens is 2. The smallest absolute Gasteiger partial charge is 0.197 e. The van der Waals surface area contributed by atoms with Crippen LogP contribution in [0.2, 0.25) is 0 Å². The van der Waals surface area contributed by atoms with E-state index in [-0.39, 0.29) is 17.6 Å². The van der Waals surface area contributed by atoms with Gasteiger partial charge in [0, 0.05) is 24.8 Å². The molecule has 1 aromatic carbocycles. The quantitative estimate of drug-likeness (QED) is 0.727. The summed E-state index contributed by atoms with van der Waals surface area (Å²) in [5.41, 5.74) is 1.37. The van der Waals surface area contributed by atoms with Crippen LogP contribution in [0.15, 0.2) is 43.0 Å². The van der Waals surface area contributed by atoms with E-state index >= 15 is 0 Å². The summed E-state index contributed by atoms with van der Waals surface area (Å²) in [5, 5.41) is 0. The number of methoxy groups -OCH3 is 1. The third-order valence-electron chi connectivity index (χ3n) is 4.34. The van der Waals surface area contributed by atoms with Gasteiger partial charge in [-0.05, 0) is 41.5 Å². The van der Waals surface area contributed by atoms with Crippen LogP contribution < -0.4 is 4.74 Å². The first-order valence-electron chi connectivity index (χ1n) is 7.80. The number of hydrogen-bond donors (Lipinski definition) is 0. The van der Waals surface area contributed by atoms with Crippen LogP contribution in [0.4, 0.5) is 8.78 Å². The zero-order chi connectivity index (χ0) is 17.4. The molecular weight excluding hydrogens is 326 g/mol. The fourth-order valence-electron chi connectivity index (χ4n) is 2.99. The maximum atomic E-state index is 14.4. The highest BCUT2D eigenvalue weighted by Gasteiger charge is 2.42. The molecule has 25 heavy (non-hydrogen) atoms. The van der Waals surface area contributed by atoms with Crippen LogP contribution in [0.25, 0.3) is 11.6 Å². The largest absolute Gasteiger partial charge is 0.491 e. The summed E-state index contributed by atoms with van der Waals surface area (Å²) in [4.78, 5) is 16.8. The first kappa shape index (κ1) is 15.6. The maximum Gasteiger partial charge on any atom is 0.197 e. The van der Waals surface area contributed by atoms with E-state index in [9.17, 15) is 8.78 Å². The van der Waals surface area contributed by atoms with Gasteiger partial charge in [-0.15, -0.1) is 0 Å². The highest BCUT2D eigenvalue weighted by atomic mass is 19.1. The maximum absolute atomic E-state index is 14.4. The molecule has 1 aliphatic rings.